The van der Waals surface area contributed by atoms with Crippen LogP contribution in [0.25, 0.3) is 0 Å². The van der Waals surface area contributed by atoms with Crippen molar-refractivity contribution < 1.29 is 14.6 Å². The number of aryl methyl sites for hydroxylation is 1. The second-order valence-corrected chi connectivity index (χ2v) is 10.7. The SMILES string of the molecule is C=C(C)[C@H]1CCC(CO)=C[C@@H]1c1c(C)cc(C(C)(C)CCCCN2CCOCC2)cc1OC. The van der Waals surface area contributed by atoms with Crippen LogP contribution in [0.3, 0.4) is 0 Å². The third-order valence-electron chi connectivity index (χ3n) is 7.77. The summed E-state index contributed by atoms with van der Waals surface area (Å²) in [5.74, 6) is 1.56. The van der Waals surface area contributed by atoms with Crippen molar-refractivity contribution in [2.45, 2.75) is 71.1 Å². The summed E-state index contributed by atoms with van der Waals surface area (Å²) in [6, 6.07) is 4.64. The van der Waals surface area contributed by atoms with Gasteiger partial charge in [0.15, 0.2) is 0 Å². The third kappa shape index (κ3) is 6.49. The second kappa shape index (κ2) is 11.7. The van der Waals surface area contributed by atoms with Crippen molar-refractivity contribution in [1.82, 2.24) is 4.90 Å². The van der Waals surface area contributed by atoms with Crippen LogP contribution >= 0.6 is 0 Å². The first-order valence-corrected chi connectivity index (χ1v) is 12.7. The Labute approximate surface area is 201 Å². The summed E-state index contributed by atoms with van der Waals surface area (Å²) in [6.45, 7) is 18.5. The first-order valence-electron chi connectivity index (χ1n) is 12.7. The number of nitrogens with zero attached hydrogens (tertiary/aromatic N) is 1. The van der Waals surface area contributed by atoms with Gasteiger partial charge in [-0.3, -0.25) is 4.90 Å². The van der Waals surface area contributed by atoms with Crippen molar-refractivity contribution in [2.75, 3.05) is 46.6 Å². The molecule has 0 spiro atoms. The van der Waals surface area contributed by atoms with E-state index in [0.717, 1.165) is 56.9 Å². The van der Waals surface area contributed by atoms with E-state index >= 15 is 0 Å². The lowest BCUT2D eigenvalue weighted by Gasteiger charge is -2.34. The number of allylic oxidation sites excluding steroid dienone is 2. The van der Waals surface area contributed by atoms with Gasteiger partial charge in [-0.2, -0.15) is 0 Å². The molecule has 184 valence electrons. The van der Waals surface area contributed by atoms with Gasteiger partial charge in [0, 0.05) is 24.6 Å². The quantitative estimate of drug-likeness (QED) is 0.359. The fraction of sp³-hybridized carbons (Fsp3) is 0.655. The number of benzene rings is 1. The van der Waals surface area contributed by atoms with E-state index in [1.165, 1.54) is 41.6 Å². The Bertz CT molecular complexity index is 836. The summed E-state index contributed by atoms with van der Waals surface area (Å²) in [6.07, 6.45) is 7.85. The zero-order valence-electron chi connectivity index (χ0n) is 21.6. The Kier molecular flexibility index (Phi) is 9.20. The monoisotopic (exact) mass is 455 g/mol. The maximum atomic E-state index is 9.78. The van der Waals surface area contributed by atoms with Gasteiger partial charge in [-0.15, -0.1) is 0 Å². The first kappa shape index (κ1) is 26.0. The van der Waals surface area contributed by atoms with Crippen LogP contribution in [0.5, 0.6) is 5.75 Å². The van der Waals surface area contributed by atoms with E-state index in [4.69, 9.17) is 9.47 Å². The number of hydrogen-bond acceptors (Lipinski definition) is 4. The number of hydrogen-bond donors (Lipinski definition) is 1. The molecule has 1 aromatic carbocycles. The second-order valence-electron chi connectivity index (χ2n) is 10.7. The number of unbranched alkanes of at least 4 members (excludes halogenated alkanes) is 1. The minimum atomic E-state index is 0.0913. The molecule has 1 fully saturated rings. The van der Waals surface area contributed by atoms with E-state index in [1.54, 1.807) is 7.11 Å². The topological polar surface area (TPSA) is 41.9 Å². The average Bonchev–Trinajstić information content (AvgIpc) is 2.81. The van der Waals surface area contributed by atoms with Gasteiger partial charge in [0.25, 0.3) is 0 Å². The van der Waals surface area contributed by atoms with Crippen molar-refractivity contribution in [3.05, 3.63) is 52.6 Å². The van der Waals surface area contributed by atoms with Crippen molar-refractivity contribution >= 4 is 0 Å². The summed E-state index contributed by atoms with van der Waals surface area (Å²) >= 11 is 0. The van der Waals surface area contributed by atoms with Crippen LogP contribution in [0.1, 0.15) is 75.5 Å². The van der Waals surface area contributed by atoms with E-state index in [2.05, 4.69) is 57.4 Å². The number of morpholine rings is 1. The summed E-state index contributed by atoms with van der Waals surface area (Å²) < 4.78 is 11.4. The molecule has 1 heterocycles. The highest BCUT2D eigenvalue weighted by Gasteiger charge is 2.31. The van der Waals surface area contributed by atoms with E-state index < -0.39 is 0 Å². The molecule has 1 aromatic rings. The van der Waals surface area contributed by atoms with Crippen LogP contribution < -0.4 is 4.74 Å². The molecule has 33 heavy (non-hydrogen) atoms. The molecule has 0 unspecified atom stereocenters. The molecular weight excluding hydrogens is 410 g/mol. The molecule has 0 radical (unpaired) electrons. The van der Waals surface area contributed by atoms with Crippen LogP contribution in [-0.2, 0) is 10.2 Å². The molecule has 4 nitrogen and oxygen atoms in total. The number of aliphatic hydroxyl groups is 1. The van der Waals surface area contributed by atoms with Gasteiger partial charge in [0.2, 0.25) is 0 Å². The fourth-order valence-corrected chi connectivity index (χ4v) is 5.57. The molecule has 0 amide bonds. The molecule has 1 aliphatic carbocycles. The zero-order chi connectivity index (χ0) is 24.0. The Morgan fingerprint density at radius 2 is 1.97 bits per heavy atom. The molecule has 0 saturated carbocycles. The number of ether oxygens (including phenoxy) is 2. The molecule has 0 bridgehead atoms. The third-order valence-corrected chi connectivity index (χ3v) is 7.77. The lowest BCUT2D eigenvalue weighted by Crippen LogP contribution is -2.36. The van der Waals surface area contributed by atoms with Gasteiger partial charge >= 0.3 is 0 Å². The van der Waals surface area contributed by atoms with Crippen LogP contribution in [0.4, 0.5) is 0 Å². The fourth-order valence-electron chi connectivity index (χ4n) is 5.57. The predicted molar refractivity (Wildman–Crippen MR) is 137 cm³/mol. The van der Waals surface area contributed by atoms with Crippen molar-refractivity contribution in [3.63, 3.8) is 0 Å². The van der Waals surface area contributed by atoms with Gasteiger partial charge in [0.1, 0.15) is 5.75 Å². The van der Waals surface area contributed by atoms with Gasteiger partial charge in [-0.1, -0.05) is 44.6 Å². The van der Waals surface area contributed by atoms with Crippen LogP contribution in [0.15, 0.2) is 35.9 Å². The summed E-state index contributed by atoms with van der Waals surface area (Å²) in [4.78, 5) is 2.52. The minimum Gasteiger partial charge on any atom is -0.496 e. The molecule has 0 aromatic heterocycles. The highest BCUT2D eigenvalue weighted by atomic mass is 16.5. The standard InChI is InChI=1S/C29H45NO3/c1-21(2)25-10-9-23(20-31)18-26(25)28-22(3)17-24(19-27(28)32-6)29(4,5)11-7-8-12-30-13-15-33-16-14-30/h17-19,25-26,31H,1,7-16,20H2,2-6H3/t25-,26+/m1/s1. The molecule has 1 saturated heterocycles. The maximum absolute atomic E-state index is 9.78. The lowest BCUT2D eigenvalue weighted by molar-refractivity contribution is 0.0370. The molecule has 2 atom stereocenters. The Hall–Kier alpha value is -1.62. The molecule has 3 rings (SSSR count). The lowest BCUT2D eigenvalue weighted by atomic mass is 9.71. The molecular formula is C29H45NO3. The Balaban J connectivity index is 1.77. The van der Waals surface area contributed by atoms with Crippen molar-refractivity contribution in [3.8, 4) is 5.75 Å². The molecule has 2 aliphatic rings. The largest absolute Gasteiger partial charge is 0.496 e. The highest BCUT2D eigenvalue weighted by molar-refractivity contribution is 5.50. The van der Waals surface area contributed by atoms with E-state index in [0.29, 0.717) is 5.92 Å². The van der Waals surface area contributed by atoms with Crippen molar-refractivity contribution in [2.24, 2.45) is 5.92 Å². The van der Waals surface area contributed by atoms with Crippen LogP contribution in [0.2, 0.25) is 0 Å². The van der Waals surface area contributed by atoms with E-state index in [9.17, 15) is 5.11 Å². The highest BCUT2D eigenvalue weighted by Crippen LogP contribution is 2.45. The molecule has 1 N–H and O–H groups in total. The zero-order valence-corrected chi connectivity index (χ0v) is 21.6. The van der Waals surface area contributed by atoms with Gasteiger partial charge in [-0.25, -0.2) is 0 Å². The molecule has 4 heteroatoms. The average molecular weight is 456 g/mol. The normalized spacial score (nSPS) is 22.2. The molecule has 1 aliphatic heterocycles. The summed E-state index contributed by atoms with van der Waals surface area (Å²) in [5, 5.41) is 9.78. The predicted octanol–water partition coefficient (Wildman–Crippen LogP) is 5.77. The number of methoxy groups -OCH3 is 1. The first-order chi connectivity index (χ1) is 15.8. The number of aliphatic hydroxyl groups excluding tert-OH is 1. The number of rotatable bonds is 10. The van der Waals surface area contributed by atoms with Gasteiger partial charge < -0.3 is 14.6 Å². The van der Waals surface area contributed by atoms with Crippen molar-refractivity contribution in [1.29, 1.82) is 0 Å². The summed E-state index contributed by atoms with van der Waals surface area (Å²) in [5.41, 5.74) is 6.30. The van der Waals surface area contributed by atoms with E-state index in [-0.39, 0.29) is 17.9 Å². The maximum Gasteiger partial charge on any atom is 0.123 e. The minimum absolute atomic E-state index is 0.0913. The van der Waals surface area contributed by atoms with Crippen LogP contribution in [0, 0.1) is 12.8 Å². The Morgan fingerprint density at radius 3 is 2.61 bits per heavy atom. The van der Waals surface area contributed by atoms with Crippen LogP contribution in [-0.4, -0.2) is 56.6 Å². The Morgan fingerprint density at radius 1 is 1.24 bits per heavy atom. The smallest absolute Gasteiger partial charge is 0.123 e. The van der Waals surface area contributed by atoms with E-state index in [1.807, 2.05) is 0 Å². The summed E-state index contributed by atoms with van der Waals surface area (Å²) in [7, 11) is 1.78. The van der Waals surface area contributed by atoms with Gasteiger partial charge in [0.05, 0.1) is 26.9 Å². The van der Waals surface area contributed by atoms with Gasteiger partial charge in [-0.05, 0) is 80.2 Å².